The van der Waals surface area contributed by atoms with E-state index in [2.05, 4.69) is 34.9 Å². The number of rotatable bonds is 2. The van der Waals surface area contributed by atoms with Gasteiger partial charge in [-0.2, -0.15) is 5.10 Å². The molecular formula is C15H21N3S. The minimum atomic E-state index is 0.556. The summed E-state index contributed by atoms with van der Waals surface area (Å²) in [6.07, 6.45) is 7.34. The molecule has 1 aliphatic rings. The minimum Gasteiger partial charge on any atom is -0.331 e. The molecule has 1 aromatic carbocycles. The third-order valence-electron chi connectivity index (χ3n) is 3.31. The van der Waals surface area contributed by atoms with E-state index >= 15 is 0 Å². The molecule has 0 aromatic heterocycles. The van der Waals surface area contributed by atoms with E-state index in [1.165, 1.54) is 37.0 Å². The molecule has 0 amide bonds. The van der Waals surface area contributed by atoms with Crippen LogP contribution in [-0.4, -0.2) is 10.8 Å². The average molecular weight is 275 g/mol. The molecule has 19 heavy (non-hydrogen) atoms. The van der Waals surface area contributed by atoms with E-state index < -0.39 is 0 Å². The number of nitrogens with one attached hydrogen (secondary N) is 2. The van der Waals surface area contributed by atoms with Crippen molar-refractivity contribution in [3.63, 3.8) is 0 Å². The Kier molecular flexibility index (Phi) is 5.33. The topological polar surface area (TPSA) is 36.4 Å². The van der Waals surface area contributed by atoms with Crippen LogP contribution in [0.25, 0.3) is 0 Å². The number of nitrogens with zero attached hydrogens (tertiary/aromatic N) is 1. The van der Waals surface area contributed by atoms with Crippen LogP contribution in [0.4, 0.5) is 5.69 Å². The fraction of sp³-hybridized carbons (Fsp3) is 0.467. The highest BCUT2D eigenvalue weighted by molar-refractivity contribution is 7.80. The van der Waals surface area contributed by atoms with E-state index in [1.54, 1.807) is 0 Å². The third kappa shape index (κ3) is 4.99. The molecule has 0 radical (unpaired) electrons. The Bertz CT molecular complexity index is 441. The first-order chi connectivity index (χ1) is 9.24. The summed E-state index contributed by atoms with van der Waals surface area (Å²) in [4.78, 5) is 0. The summed E-state index contributed by atoms with van der Waals surface area (Å²) in [6.45, 7) is 2.07. The van der Waals surface area contributed by atoms with Gasteiger partial charge >= 0.3 is 0 Å². The van der Waals surface area contributed by atoms with Crippen molar-refractivity contribution < 1.29 is 0 Å². The van der Waals surface area contributed by atoms with Crippen LogP contribution in [-0.2, 0) is 0 Å². The molecule has 4 heteroatoms. The fourth-order valence-electron chi connectivity index (χ4n) is 2.17. The van der Waals surface area contributed by atoms with E-state index in [1.807, 2.05) is 12.1 Å². The van der Waals surface area contributed by atoms with E-state index in [9.17, 15) is 0 Å². The first-order valence-electron chi connectivity index (χ1n) is 6.93. The van der Waals surface area contributed by atoms with Gasteiger partial charge in [-0.1, -0.05) is 30.5 Å². The maximum atomic E-state index is 5.24. The maximum Gasteiger partial charge on any atom is 0.191 e. The second-order valence-corrected chi connectivity index (χ2v) is 5.43. The Morgan fingerprint density at radius 1 is 1.05 bits per heavy atom. The van der Waals surface area contributed by atoms with Gasteiger partial charge in [-0.05, 0) is 57.0 Å². The predicted octanol–water partition coefficient (Wildman–Crippen LogP) is 3.99. The summed E-state index contributed by atoms with van der Waals surface area (Å²) in [7, 11) is 0. The Labute approximate surface area is 120 Å². The smallest absolute Gasteiger partial charge is 0.191 e. The highest BCUT2D eigenvalue weighted by Crippen LogP contribution is 2.14. The Morgan fingerprint density at radius 3 is 2.32 bits per heavy atom. The number of hydrogen-bond acceptors (Lipinski definition) is 2. The summed E-state index contributed by atoms with van der Waals surface area (Å²) < 4.78 is 0. The van der Waals surface area contributed by atoms with Gasteiger partial charge in [-0.25, -0.2) is 0 Å². The van der Waals surface area contributed by atoms with Crippen molar-refractivity contribution >= 4 is 28.7 Å². The minimum absolute atomic E-state index is 0.556. The molecule has 1 saturated carbocycles. The lowest BCUT2D eigenvalue weighted by Crippen LogP contribution is -2.25. The SMILES string of the molecule is Cc1ccc(NC(=S)NN=C2CCCCCC2)cc1. The van der Waals surface area contributed by atoms with Crippen LogP contribution in [0.5, 0.6) is 0 Å². The van der Waals surface area contributed by atoms with Crippen LogP contribution < -0.4 is 10.7 Å². The van der Waals surface area contributed by atoms with Crippen molar-refractivity contribution in [2.45, 2.75) is 45.4 Å². The van der Waals surface area contributed by atoms with Crippen LogP contribution in [0.1, 0.15) is 44.1 Å². The number of thiocarbonyl (C=S) groups is 1. The maximum absolute atomic E-state index is 5.24. The molecule has 0 bridgehead atoms. The summed E-state index contributed by atoms with van der Waals surface area (Å²) in [5.41, 5.74) is 6.42. The lowest BCUT2D eigenvalue weighted by atomic mass is 10.2. The summed E-state index contributed by atoms with van der Waals surface area (Å²) >= 11 is 5.24. The van der Waals surface area contributed by atoms with Crippen LogP contribution >= 0.6 is 12.2 Å². The standard InChI is InChI=1S/C15H21N3S/c1-12-8-10-13(11-9-12)16-15(19)18-17-14-6-4-2-3-5-7-14/h8-11H,2-7H2,1H3,(H2,16,18,19). The number of benzene rings is 1. The molecule has 1 aromatic rings. The van der Waals surface area contributed by atoms with Crippen molar-refractivity contribution in [3.8, 4) is 0 Å². The van der Waals surface area contributed by atoms with Gasteiger partial charge in [0.05, 0.1) is 0 Å². The molecule has 0 heterocycles. The molecule has 102 valence electrons. The molecule has 0 unspecified atom stereocenters. The Hall–Kier alpha value is -1.42. The molecule has 1 aliphatic carbocycles. The highest BCUT2D eigenvalue weighted by atomic mass is 32.1. The van der Waals surface area contributed by atoms with Crippen molar-refractivity contribution in [2.24, 2.45) is 5.10 Å². The summed E-state index contributed by atoms with van der Waals surface area (Å²) in [5.74, 6) is 0. The van der Waals surface area contributed by atoms with Gasteiger partial charge in [-0.3, -0.25) is 5.43 Å². The largest absolute Gasteiger partial charge is 0.331 e. The van der Waals surface area contributed by atoms with Crippen LogP contribution in [0, 0.1) is 6.92 Å². The van der Waals surface area contributed by atoms with Crippen LogP contribution in [0.2, 0.25) is 0 Å². The van der Waals surface area contributed by atoms with Gasteiger partial charge < -0.3 is 5.32 Å². The molecule has 2 rings (SSSR count). The van der Waals surface area contributed by atoms with E-state index in [4.69, 9.17) is 12.2 Å². The van der Waals surface area contributed by atoms with E-state index in [0.717, 1.165) is 18.5 Å². The second-order valence-electron chi connectivity index (χ2n) is 5.02. The zero-order chi connectivity index (χ0) is 13.5. The van der Waals surface area contributed by atoms with Crippen molar-refractivity contribution in [1.29, 1.82) is 0 Å². The summed E-state index contributed by atoms with van der Waals surface area (Å²) in [5, 5.41) is 8.11. The predicted molar refractivity (Wildman–Crippen MR) is 85.7 cm³/mol. The summed E-state index contributed by atoms with van der Waals surface area (Å²) in [6, 6.07) is 8.15. The van der Waals surface area contributed by atoms with Crippen LogP contribution in [0.15, 0.2) is 29.4 Å². The zero-order valence-electron chi connectivity index (χ0n) is 11.4. The van der Waals surface area contributed by atoms with E-state index in [0.29, 0.717) is 5.11 Å². The monoisotopic (exact) mass is 275 g/mol. The average Bonchev–Trinajstić information content (AvgIpc) is 2.68. The molecule has 2 N–H and O–H groups in total. The second kappa shape index (κ2) is 7.24. The highest BCUT2D eigenvalue weighted by Gasteiger charge is 2.05. The lowest BCUT2D eigenvalue weighted by molar-refractivity contribution is 0.702. The molecule has 0 spiro atoms. The van der Waals surface area contributed by atoms with Gasteiger partial charge in [0.25, 0.3) is 0 Å². The first-order valence-corrected chi connectivity index (χ1v) is 7.34. The molecule has 3 nitrogen and oxygen atoms in total. The van der Waals surface area contributed by atoms with Crippen molar-refractivity contribution in [2.75, 3.05) is 5.32 Å². The number of hydrazone groups is 1. The molecule has 0 atom stereocenters. The molecular weight excluding hydrogens is 254 g/mol. The number of aryl methyl sites for hydroxylation is 1. The lowest BCUT2D eigenvalue weighted by Gasteiger charge is -2.08. The van der Waals surface area contributed by atoms with Gasteiger partial charge in [0.1, 0.15) is 0 Å². The number of hydrogen-bond donors (Lipinski definition) is 2. The fourth-order valence-corrected chi connectivity index (χ4v) is 2.34. The van der Waals surface area contributed by atoms with Gasteiger partial charge in [-0.15, -0.1) is 0 Å². The Balaban J connectivity index is 1.83. The zero-order valence-corrected chi connectivity index (χ0v) is 12.2. The van der Waals surface area contributed by atoms with Gasteiger partial charge in [0.2, 0.25) is 0 Å². The van der Waals surface area contributed by atoms with Gasteiger partial charge in [0.15, 0.2) is 5.11 Å². The van der Waals surface area contributed by atoms with Crippen LogP contribution in [0.3, 0.4) is 0 Å². The Morgan fingerprint density at radius 2 is 1.68 bits per heavy atom. The third-order valence-corrected chi connectivity index (χ3v) is 3.50. The first kappa shape index (κ1) is 14.0. The quantitative estimate of drug-likeness (QED) is 0.487. The van der Waals surface area contributed by atoms with Crippen molar-refractivity contribution in [1.82, 2.24) is 5.43 Å². The molecule has 0 saturated heterocycles. The normalized spacial score (nSPS) is 15.5. The van der Waals surface area contributed by atoms with E-state index in [-0.39, 0.29) is 0 Å². The van der Waals surface area contributed by atoms with Gasteiger partial charge in [0, 0.05) is 11.4 Å². The molecule has 1 fully saturated rings. The molecule has 0 aliphatic heterocycles. The van der Waals surface area contributed by atoms with Crippen molar-refractivity contribution in [3.05, 3.63) is 29.8 Å². The number of anilines is 1.